The van der Waals surface area contributed by atoms with E-state index in [1.165, 1.54) is 0 Å². The Balaban J connectivity index is 4.52. The van der Waals surface area contributed by atoms with Gasteiger partial charge in [-0.05, 0) is 20.8 Å². The molecular formula is C9H16Cl2O4. The van der Waals surface area contributed by atoms with Crippen LogP contribution in [0.2, 0.25) is 0 Å². The molecule has 0 rings (SSSR count). The van der Waals surface area contributed by atoms with Crippen molar-refractivity contribution in [1.82, 2.24) is 0 Å². The van der Waals surface area contributed by atoms with Crippen molar-refractivity contribution in [2.75, 3.05) is 19.8 Å². The fourth-order valence-electron chi connectivity index (χ4n) is 0.884. The molecule has 0 aromatic heterocycles. The molecule has 0 bridgehead atoms. The lowest BCUT2D eigenvalue weighted by Crippen LogP contribution is -2.44. The quantitative estimate of drug-likeness (QED) is 0.399. The lowest BCUT2D eigenvalue weighted by atomic mass is 10.4. The van der Waals surface area contributed by atoms with Crippen LogP contribution < -0.4 is 0 Å². The summed E-state index contributed by atoms with van der Waals surface area (Å²) in [4.78, 5) is 11.4. The second-order valence-electron chi connectivity index (χ2n) is 2.59. The van der Waals surface area contributed by atoms with E-state index >= 15 is 0 Å². The summed E-state index contributed by atoms with van der Waals surface area (Å²) in [5.74, 6) is -0.764. The maximum atomic E-state index is 11.4. The van der Waals surface area contributed by atoms with Crippen LogP contribution in [0.3, 0.4) is 0 Å². The van der Waals surface area contributed by atoms with Crippen LogP contribution in [0.25, 0.3) is 0 Å². The number of halogens is 2. The van der Waals surface area contributed by atoms with Crippen LogP contribution in [-0.4, -0.2) is 36.4 Å². The molecule has 0 aliphatic heterocycles. The molecule has 0 spiro atoms. The minimum Gasteiger partial charge on any atom is -0.464 e. The maximum absolute atomic E-state index is 11.4. The summed E-state index contributed by atoms with van der Waals surface area (Å²) in [5.41, 5.74) is 0. The van der Waals surface area contributed by atoms with Crippen molar-refractivity contribution >= 4 is 29.2 Å². The summed E-state index contributed by atoms with van der Waals surface area (Å²) in [6, 6.07) is 0. The Morgan fingerprint density at radius 2 is 1.60 bits per heavy atom. The van der Waals surface area contributed by atoms with E-state index in [0.29, 0.717) is 13.2 Å². The molecule has 90 valence electrons. The third-order valence-electron chi connectivity index (χ3n) is 1.48. The van der Waals surface area contributed by atoms with E-state index in [2.05, 4.69) is 0 Å². The van der Waals surface area contributed by atoms with Crippen molar-refractivity contribution in [3.8, 4) is 0 Å². The van der Waals surface area contributed by atoms with Crippen molar-refractivity contribution in [3.05, 3.63) is 0 Å². The first-order valence-corrected chi connectivity index (χ1v) is 5.54. The molecule has 0 N–H and O–H groups in total. The van der Waals surface area contributed by atoms with Crippen LogP contribution in [0.4, 0.5) is 0 Å². The molecule has 0 aliphatic carbocycles. The predicted molar refractivity (Wildman–Crippen MR) is 58.1 cm³/mol. The highest BCUT2D eigenvalue weighted by atomic mass is 35.5. The van der Waals surface area contributed by atoms with Crippen LogP contribution in [0.15, 0.2) is 0 Å². The van der Waals surface area contributed by atoms with Gasteiger partial charge in [0.25, 0.3) is 4.33 Å². The van der Waals surface area contributed by atoms with E-state index < -0.39 is 16.6 Å². The molecule has 0 fully saturated rings. The van der Waals surface area contributed by atoms with E-state index in [0.717, 1.165) is 0 Å². The first kappa shape index (κ1) is 15.0. The van der Waals surface area contributed by atoms with E-state index in [9.17, 15) is 4.79 Å². The average Bonchev–Trinajstić information content (AvgIpc) is 2.18. The molecule has 0 aliphatic rings. The minimum atomic E-state index is -1.83. The average molecular weight is 259 g/mol. The van der Waals surface area contributed by atoms with E-state index in [1.54, 1.807) is 20.8 Å². The normalized spacial score (nSPS) is 11.9. The topological polar surface area (TPSA) is 44.8 Å². The monoisotopic (exact) mass is 258 g/mol. The third kappa shape index (κ3) is 4.55. The number of carbonyl (C=O) groups excluding carboxylic acids is 1. The van der Waals surface area contributed by atoms with Gasteiger partial charge in [0.05, 0.1) is 6.61 Å². The van der Waals surface area contributed by atoms with Crippen LogP contribution >= 0.6 is 23.2 Å². The molecule has 0 saturated heterocycles. The molecule has 0 atom stereocenters. The van der Waals surface area contributed by atoms with Crippen LogP contribution in [0.5, 0.6) is 0 Å². The van der Waals surface area contributed by atoms with Crippen LogP contribution in [-0.2, 0) is 19.0 Å². The highest BCUT2D eigenvalue weighted by molar-refractivity contribution is 6.57. The number of carbonyl (C=O) groups is 1. The molecule has 0 aromatic carbocycles. The molecule has 6 heteroatoms. The zero-order valence-corrected chi connectivity index (χ0v) is 10.6. The zero-order chi connectivity index (χ0) is 11.9. The molecule has 0 saturated carbocycles. The van der Waals surface area contributed by atoms with E-state index in [-0.39, 0.29) is 6.61 Å². The molecule has 0 heterocycles. The number of hydrogen-bond donors (Lipinski definition) is 0. The summed E-state index contributed by atoms with van der Waals surface area (Å²) in [6.07, 6.45) is -1.02. The minimum absolute atomic E-state index is 0.199. The first-order chi connectivity index (χ1) is 7.00. The second-order valence-corrected chi connectivity index (χ2v) is 3.97. The van der Waals surface area contributed by atoms with Crippen LogP contribution in [0.1, 0.15) is 20.8 Å². The van der Waals surface area contributed by atoms with Gasteiger partial charge in [-0.25, -0.2) is 4.79 Å². The van der Waals surface area contributed by atoms with Gasteiger partial charge in [-0.2, -0.15) is 0 Å². The Bertz CT molecular complexity index is 191. The van der Waals surface area contributed by atoms with Crippen molar-refractivity contribution in [1.29, 1.82) is 0 Å². The van der Waals surface area contributed by atoms with Gasteiger partial charge in [-0.3, -0.25) is 0 Å². The smallest absolute Gasteiger partial charge is 0.348 e. The number of ether oxygens (including phenoxy) is 3. The van der Waals surface area contributed by atoms with Gasteiger partial charge in [0.1, 0.15) is 0 Å². The summed E-state index contributed by atoms with van der Waals surface area (Å²) >= 11 is 11.7. The highest BCUT2D eigenvalue weighted by Crippen LogP contribution is 2.30. The van der Waals surface area contributed by atoms with Gasteiger partial charge in [-0.15, -0.1) is 0 Å². The lowest BCUT2D eigenvalue weighted by molar-refractivity contribution is -0.171. The van der Waals surface area contributed by atoms with E-state index in [4.69, 9.17) is 37.4 Å². The number of alkyl halides is 2. The molecule has 0 amide bonds. The Kier molecular flexibility index (Phi) is 7.26. The molecule has 0 unspecified atom stereocenters. The molecule has 0 aromatic rings. The van der Waals surface area contributed by atoms with Crippen molar-refractivity contribution < 1.29 is 19.0 Å². The fourth-order valence-corrected chi connectivity index (χ4v) is 1.24. The van der Waals surface area contributed by atoms with Gasteiger partial charge in [-0.1, -0.05) is 23.2 Å². The first-order valence-electron chi connectivity index (χ1n) is 4.78. The van der Waals surface area contributed by atoms with Gasteiger partial charge < -0.3 is 14.2 Å². The van der Waals surface area contributed by atoms with Crippen molar-refractivity contribution in [2.45, 2.75) is 31.4 Å². The standard InChI is InChI=1S/C9H16Cl2O4/c1-4-13-7(12)9(10,11)8(14-5-2)15-6-3/h8H,4-6H2,1-3H3. The predicted octanol–water partition coefficient (Wildman–Crippen LogP) is 2.12. The molecule has 15 heavy (non-hydrogen) atoms. The SMILES string of the molecule is CCOC(=O)C(Cl)(Cl)C(OCC)OCC. The van der Waals surface area contributed by atoms with Gasteiger partial charge in [0.2, 0.25) is 6.29 Å². The summed E-state index contributed by atoms with van der Waals surface area (Å²) < 4.78 is 13.1. The number of rotatable bonds is 7. The lowest BCUT2D eigenvalue weighted by Gasteiger charge is -2.26. The Morgan fingerprint density at radius 1 is 1.13 bits per heavy atom. The Labute approximate surface area is 99.8 Å². The number of hydrogen-bond acceptors (Lipinski definition) is 4. The van der Waals surface area contributed by atoms with E-state index in [1.807, 2.05) is 0 Å². The van der Waals surface area contributed by atoms with Crippen LogP contribution in [0, 0.1) is 0 Å². The summed E-state index contributed by atoms with van der Waals surface area (Å²) in [6.45, 7) is 6.04. The Hall–Kier alpha value is -0.0300. The van der Waals surface area contributed by atoms with Crippen molar-refractivity contribution in [3.63, 3.8) is 0 Å². The van der Waals surface area contributed by atoms with Gasteiger partial charge in [0.15, 0.2) is 0 Å². The third-order valence-corrected chi connectivity index (χ3v) is 2.14. The van der Waals surface area contributed by atoms with Gasteiger partial charge >= 0.3 is 5.97 Å². The largest absolute Gasteiger partial charge is 0.464 e. The van der Waals surface area contributed by atoms with Gasteiger partial charge in [0, 0.05) is 13.2 Å². The summed E-state index contributed by atoms with van der Waals surface area (Å²) in [5, 5.41) is 0. The molecular weight excluding hydrogens is 243 g/mol. The van der Waals surface area contributed by atoms with Crippen molar-refractivity contribution in [2.24, 2.45) is 0 Å². The highest BCUT2D eigenvalue weighted by Gasteiger charge is 2.45. The zero-order valence-electron chi connectivity index (χ0n) is 9.09. The Morgan fingerprint density at radius 3 is 1.93 bits per heavy atom. The summed E-state index contributed by atoms with van der Waals surface area (Å²) in [7, 11) is 0. The molecule has 4 nitrogen and oxygen atoms in total. The maximum Gasteiger partial charge on any atom is 0.348 e. The second kappa shape index (κ2) is 7.28. The molecule has 0 radical (unpaired) electrons. The number of esters is 1. The fraction of sp³-hybridized carbons (Fsp3) is 0.889.